The average molecular weight is 262 g/mol. The standard InChI is InChI=1S/C10H18N2O4S/c1-7-9(10(13)14)3-2-6-12(7)17(15,16)11-8-4-5-8/h7-9,11H,2-6H2,1H3,(H,13,14)/t7-,9-/m1/s1. The smallest absolute Gasteiger partial charge is 0.308 e. The lowest BCUT2D eigenvalue weighted by atomic mass is 9.92. The van der Waals surface area contributed by atoms with Crippen LogP contribution in [0.1, 0.15) is 32.6 Å². The van der Waals surface area contributed by atoms with E-state index in [2.05, 4.69) is 4.72 Å². The Morgan fingerprint density at radius 3 is 2.53 bits per heavy atom. The van der Waals surface area contributed by atoms with Gasteiger partial charge in [0.2, 0.25) is 0 Å². The SMILES string of the molecule is C[C@@H]1[C@H](C(=O)O)CCCN1S(=O)(=O)NC1CC1. The van der Waals surface area contributed by atoms with E-state index < -0.39 is 28.1 Å². The Balaban J connectivity index is 2.10. The molecule has 2 aliphatic rings. The van der Waals surface area contributed by atoms with E-state index in [1.807, 2.05) is 0 Å². The lowest BCUT2D eigenvalue weighted by Gasteiger charge is -2.36. The molecule has 1 heterocycles. The van der Waals surface area contributed by atoms with Crippen LogP contribution in [0.4, 0.5) is 0 Å². The van der Waals surface area contributed by atoms with Gasteiger partial charge in [-0.1, -0.05) is 0 Å². The van der Waals surface area contributed by atoms with E-state index in [0.29, 0.717) is 19.4 Å². The van der Waals surface area contributed by atoms with Gasteiger partial charge in [-0.2, -0.15) is 17.4 Å². The van der Waals surface area contributed by atoms with E-state index in [1.165, 1.54) is 4.31 Å². The van der Waals surface area contributed by atoms with Crippen LogP contribution >= 0.6 is 0 Å². The molecule has 17 heavy (non-hydrogen) atoms. The Bertz CT molecular complexity index is 405. The fourth-order valence-corrected chi connectivity index (χ4v) is 4.01. The van der Waals surface area contributed by atoms with Crippen molar-refractivity contribution in [1.29, 1.82) is 0 Å². The van der Waals surface area contributed by atoms with Gasteiger partial charge >= 0.3 is 5.97 Å². The summed E-state index contributed by atoms with van der Waals surface area (Å²) < 4.78 is 28.0. The number of hydrogen-bond acceptors (Lipinski definition) is 3. The zero-order valence-electron chi connectivity index (χ0n) is 9.80. The Hall–Kier alpha value is -0.660. The minimum absolute atomic E-state index is 0.0532. The maximum Gasteiger partial charge on any atom is 0.308 e. The molecule has 0 aromatic carbocycles. The van der Waals surface area contributed by atoms with Crippen molar-refractivity contribution in [2.45, 2.75) is 44.7 Å². The van der Waals surface area contributed by atoms with Gasteiger partial charge in [0.15, 0.2) is 0 Å². The van der Waals surface area contributed by atoms with E-state index in [9.17, 15) is 13.2 Å². The summed E-state index contributed by atoms with van der Waals surface area (Å²) in [6.07, 6.45) is 2.91. The second kappa shape index (κ2) is 4.55. The highest BCUT2D eigenvalue weighted by molar-refractivity contribution is 7.87. The molecule has 2 fully saturated rings. The molecule has 2 rings (SSSR count). The lowest BCUT2D eigenvalue weighted by Crippen LogP contribution is -2.53. The maximum atomic E-state index is 12.0. The third kappa shape index (κ3) is 2.78. The molecule has 98 valence electrons. The molecule has 0 unspecified atom stereocenters. The molecular formula is C10H18N2O4S. The Kier molecular flexibility index (Phi) is 3.42. The summed E-state index contributed by atoms with van der Waals surface area (Å²) in [6, 6.07) is -0.421. The van der Waals surface area contributed by atoms with E-state index in [1.54, 1.807) is 6.92 Å². The van der Waals surface area contributed by atoms with E-state index in [-0.39, 0.29) is 6.04 Å². The van der Waals surface area contributed by atoms with Crippen LogP contribution in [-0.4, -0.2) is 42.4 Å². The van der Waals surface area contributed by atoms with Crippen LogP contribution in [0.3, 0.4) is 0 Å². The number of nitrogens with zero attached hydrogens (tertiary/aromatic N) is 1. The van der Waals surface area contributed by atoms with Crippen LogP contribution in [0.2, 0.25) is 0 Å². The summed E-state index contributed by atoms with van der Waals surface area (Å²) in [6.45, 7) is 2.08. The van der Waals surface area contributed by atoms with Gasteiger partial charge < -0.3 is 5.11 Å². The van der Waals surface area contributed by atoms with Crippen molar-refractivity contribution in [3.8, 4) is 0 Å². The van der Waals surface area contributed by atoms with Crippen LogP contribution in [-0.2, 0) is 15.0 Å². The van der Waals surface area contributed by atoms with Gasteiger partial charge in [0.05, 0.1) is 5.92 Å². The van der Waals surface area contributed by atoms with Gasteiger partial charge in [0, 0.05) is 18.6 Å². The van der Waals surface area contributed by atoms with E-state index in [4.69, 9.17) is 5.11 Å². The molecule has 0 aromatic rings. The molecule has 0 radical (unpaired) electrons. The lowest BCUT2D eigenvalue weighted by molar-refractivity contribution is -0.144. The van der Waals surface area contributed by atoms with Crippen molar-refractivity contribution in [2.75, 3.05) is 6.54 Å². The van der Waals surface area contributed by atoms with Crippen molar-refractivity contribution in [3.63, 3.8) is 0 Å². The van der Waals surface area contributed by atoms with Crippen LogP contribution in [0, 0.1) is 5.92 Å². The normalized spacial score (nSPS) is 31.4. The molecule has 7 heteroatoms. The third-order valence-corrected chi connectivity index (χ3v) is 5.21. The highest BCUT2D eigenvalue weighted by atomic mass is 32.2. The fourth-order valence-electron chi connectivity index (χ4n) is 2.26. The number of carboxylic acid groups (broad SMARTS) is 1. The molecule has 0 bridgehead atoms. The number of carbonyl (C=O) groups is 1. The zero-order valence-corrected chi connectivity index (χ0v) is 10.6. The van der Waals surface area contributed by atoms with Crippen molar-refractivity contribution < 1.29 is 18.3 Å². The van der Waals surface area contributed by atoms with Crippen molar-refractivity contribution in [3.05, 3.63) is 0 Å². The molecule has 0 amide bonds. The number of nitrogens with one attached hydrogen (secondary N) is 1. The van der Waals surface area contributed by atoms with Gasteiger partial charge in [0.1, 0.15) is 0 Å². The van der Waals surface area contributed by atoms with Crippen LogP contribution in [0.25, 0.3) is 0 Å². The predicted molar refractivity (Wildman–Crippen MR) is 61.6 cm³/mol. The topological polar surface area (TPSA) is 86.7 Å². The molecule has 1 saturated heterocycles. The molecule has 1 saturated carbocycles. The van der Waals surface area contributed by atoms with Gasteiger partial charge in [0.25, 0.3) is 10.2 Å². The number of hydrogen-bond donors (Lipinski definition) is 2. The Morgan fingerprint density at radius 2 is 2.00 bits per heavy atom. The minimum Gasteiger partial charge on any atom is -0.481 e. The predicted octanol–water partition coefficient (Wildman–Crippen LogP) is 0.168. The van der Waals surface area contributed by atoms with Crippen LogP contribution < -0.4 is 4.72 Å². The first-order valence-electron chi connectivity index (χ1n) is 5.93. The molecule has 2 N–H and O–H groups in total. The second-order valence-electron chi connectivity index (χ2n) is 4.84. The molecule has 2 atom stereocenters. The fraction of sp³-hybridized carbons (Fsp3) is 0.900. The monoisotopic (exact) mass is 262 g/mol. The first-order chi connectivity index (χ1) is 7.92. The van der Waals surface area contributed by atoms with E-state index in [0.717, 1.165) is 12.8 Å². The summed E-state index contributed by atoms with van der Waals surface area (Å²) >= 11 is 0. The molecule has 0 aromatic heterocycles. The summed E-state index contributed by atoms with van der Waals surface area (Å²) in [5.74, 6) is -1.51. The van der Waals surface area contributed by atoms with Gasteiger partial charge in [-0.3, -0.25) is 4.79 Å². The molecular weight excluding hydrogens is 244 g/mol. The minimum atomic E-state index is -3.52. The van der Waals surface area contributed by atoms with Gasteiger partial charge in [-0.05, 0) is 32.6 Å². The van der Waals surface area contributed by atoms with Crippen molar-refractivity contribution in [1.82, 2.24) is 9.03 Å². The Morgan fingerprint density at radius 1 is 1.35 bits per heavy atom. The molecule has 1 aliphatic carbocycles. The highest BCUT2D eigenvalue weighted by Crippen LogP contribution is 2.27. The first kappa shape index (κ1) is 12.8. The summed E-state index contributed by atoms with van der Waals surface area (Å²) in [7, 11) is -3.52. The molecule has 6 nitrogen and oxygen atoms in total. The largest absolute Gasteiger partial charge is 0.481 e. The third-order valence-electron chi connectivity index (χ3n) is 3.45. The summed E-state index contributed by atoms with van der Waals surface area (Å²) in [5, 5.41) is 9.04. The number of piperidine rings is 1. The number of aliphatic carboxylic acids is 1. The van der Waals surface area contributed by atoms with Crippen LogP contribution in [0.15, 0.2) is 0 Å². The molecule has 0 spiro atoms. The van der Waals surface area contributed by atoms with E-state index >= 15 is 0 Å². The Labute approximate surface area is 101 Å². The first-order valence-corrected chi connectivity index (χ1v) is 7.38. The quantitative estimate of drug-likeness (QED) is 0.756. The van der Waals surface area contributed by atoms with Crippen molar-refractivity contribution >= 4 is 16.2 Å². The van der Waals surface area contributed by atoms with Crippen LogP contribution in [0.5, 0.6) is 0 Å². The second-order valence-corrected chi connectivity index (χ2v) is 6.49. The summed E-state index contributed by atoms with van der Waals surface area (Å²) in [5.41, 5.74) is 0. The molecule has 1 aliphatic heterocycles. The van der Waals surface area contributed by atoms with Gasteiger partial charge in [-0.15, -0.1) is 0 Å². The number of rotatable bonds is 4. The van der Waals surface area contributed by atoms with Gasteiger partial charge in [-0.25, -0.2) is 0 Å². The zero-order chi connectivity index (χ0) is 12.6. The highest BCUT2D eigenvalue weighted by Gasteiger charge is 2.40. The van der Waals surface area contributed by atoms with Crippen molar-refractivity contribution in [2.24, 2.45) is 5.92 Å². The summed E-state index contributed by atoms with van der Waals surface area (Å²) in [4.78, 5) is 11.0. The average Bonchev–Trinajstić information content (AvgIpc) is 3.00. The number of carboxylic acids is 1. The maximum absolute atomic E-state index is 12.0.